The number of hydrogen-bond donors (Lipinski definition) is 2. The number of nitrogens with two attached hydrogens (primary N) is 1. The van der Waals surface area contributed by atoms with E-state index in [4.69, 9.17) is 22.1 Å². The van der Waals surface area contributed by atoms with Gasteiger partial charge in [0, 0.05) is 11.4 Å². The fourth-order valence-corrected chi connectivity index (χ4v) is 2.50. The highest BCUT2D eigenvalue weighted by atomic mass is 35.5. The predicted octanol–water partition coefficient (Wildman–Crippen LogP) is 1.74. The third-order valence-corrected chi connectivity index (χ3v) is 3.79. The summed E-state index contributed by atoms with van der Waals surface area (Å²) in [6, 6.07) is 12.4. The first-order valence-corrected chi connectivity index (χ1v) is 7.82. The molecule has 0 aromatic heterocycles. The van der Waals surface area contributed by atoms with Crippen LogP contribution in [0.4, 0.5) is 0 Å². The molecule has 0 spiro atoms. The normalized spacial score (nSPS) is 11.4. The fourth-order valence-electron chi connectivity index (χ4n) is 2.32. The predicted molar refractivity (Wildman–Crippen MR) is 93.6 cm³/mol. The van der Waals surface area contributed by atoms with Crippen molar-refractivity contribution in [3.8, 4) is 5.75 Å². The zero-order valence-corrected chi connectivity index (χ0v) is 14.2. The van der Waals surface area contributed by atoms with Crippen molar-refractivity contribution in [1.29, 1.82) is 0 Å². The van der Waals surface area contributed by atoms with Gasteiger partial charge in [-0.15, -0.1) is 0 Å². The van der Waals surface area contributed by atoms with E-state index in [-0.39, 0.29) is 12.0 Å². The molecule has 0 aliphatic carbocycles. The quantitative estimate of drug-likeness (QED) is 0.735. The Morgan fingerprint density at radius 2 is 1.84 bits per heavy atom. The maximum Gasteiger partial charge on any atom is 0.287 e. The van der Waals surface area contributed by atoms with Crippen molar-refractivity contribution >= 4 is 29.2 Å². The Hall–Kier alpha value is -2.86. The Balaban J connectivity index is 2.27. The van der Waals surface area contributed by atoms with E-state index in [0.717, 1.165) is 5.56 Å². The molecular formula is C18H17ClN2O4. The lowest BCUT2D eigenvalue weighted by atomic mass is 10.0. The minimum Gasteiger partial charge on any atom is -0.496 e. The number of halogens is 1. The van der Waals surface area contributed by atoms with Crippen LogP contribution in [0.25, 0.3) is 0 Å². The highest BCUT2D eigenvalue weighted by Crippen LogP contribution is 2.22. The summed E-state index contributed by atoms with van der Waals surface area (Å²) >= 11 is 5.92. The topological polar surface area (TPSA) is 98.5 Å². The van der Waals surface area contributed by atoms with Gasteiger partial charge in [-0.3, -0.25) is 14.4 Å². The maximum absolute atomic E-state index is 12.6. The lowest BCUT2D eigenvalue weighted by Gasteiger charge is -2.17. The molecule has 0 heterocycles. The van der Waals surface area contributed by atoms with Crippen molar-refractivity contribution < 1.29 is 19.1 Å². The summed E-state index contributed by atoms with van der Waals surface area (Å²) in [6.45, 7) is 0. The molecule has 1 atom stereocenters. The van der Waals surface area contributed by atoms with Crippen LogP contribution in [-0.2, 0) is 16.0 Å². The van der Waals surface area contributed by atoms with Crippen molar-refractivity contribution in [3.05, 3.63) is 64.7 Å². The van der Waals surface area contributed by atoms with Crippen LogP contribution in [0.1, 0.15) is 15.9 Å². The van der Waals surface area contributed by atoms with E-state index >= 15 is 0 Å². The summed E-state index contributed by atoms with van der Waals surface area (Å²) in [5.41, 5.74) is 6.04. The lowest BCUT2D eigenvalue weighted by molar-refractivity contribution is -0.137. The smallest absolute Gasteiger partial charge is 0.287 e. The first-order valence-electron chi connectivity index (χ1n) is 7.44. The number of nitrogens with one attached hydrogen (secondary N) is 1. The number of ketones is 1. The van der Waals surface area contributed by atoms with Crippen molar-refractivity contribution in [1.82, 2.24) is 5.32 Å². The number of methoxy groups -OCH3 is 1. The molecule has 130 valence electrons. The van der Waals surface area contributed by atoms with Crippen molar-refractivity contribution in [2.45, 2.75) is 12.5 Å². The minimum absolute atomic E-state index is 0.136. The average Bonchev–Trinajstić information content (AvgIpc) is 2.61. The van der Waals surface area contributed by atoms with Gasteiger partial charge < -0.3 is 15.8 Å². The molecule has 25 heavy (non-hydrogen) atoms. The molecule has 2 aromatic carbocycles. The van der Waals surface area contributed by atoms with Gasteiger partial charge in [-0.1, -0.05) is 41.9 Å². The maximum atomic E-state index is 12.6. The molecule has 0 aliphatic heterocycles. The first-order chi connectivity index (χ1) is 11.9. The molecule has 2 aromatic rings. The van der Waals surface area contributed by atoms with Crippen LogP contribution in [-0.4, -0.2) is 30.7 Å². The van der Waals surface area contributed by atoms with Crippen LogP contribution >= 0.6 is 11.6 Å². The van der Waals surface area contributed by atoms with Crippen molar-refractivity contribution in [2.24, 2.45) is 5.73 Å². The van der Waals surface area contributed by atoms with Crippen LogP contribution in [0.2, 0.25) is 5.02 Å². The number of carbonyl (C=O) groups excluding carboxylic acids is 3. The third-order valence-electron chi connectivity index (χ3n) is 3.55. The summed E-state index contributed by atoms with van der Waals surface area (Å²) in [5.74, 6) is -2.28. The number of amides is 2. The first kappa shape index (κ1) is 18.5. The van der Waals surface area contributed by atoms with Gasteiger partial charge in [-0.2, -0.15) is 0 Å². The monoisotopic (exact) mass is 360 g/mol. The van der Waals surface area contributed by atoms with E-state index in [1.807, 2.05) is 6.07 Å². The Labute approximate surface area is 149 Å². The Kier molecular flexibility index (Phi) is 6.14. The number of Topliss-reactive ketones (excluding diaryl/α,β-unsaturated/α-hetero) is 1. The molecule has 0 aliphatic rings. The number of benzene rings is 2. The zero-order valence-electron chi connectivity index (χ0n) is 13.5. The van der Waals surface area contributed by atoms with E-state index < -0.39 is 23.6 Å². The second-order valence-corrected chi connectivity index (χ2v) is 5.73. The van der Waals surface area contributed by atoms with Gasteiger partial charge in [-0.25, -0.2) is 0 Å². The van der Waals surface area contributed by atoms with E-state index in [2.05, 4.69) is 5.32 Å². The van der Waals surface area contributed by atoms with E-state index in [1.54, 1.807) is 36.4 Å². The molecule has 6 nitrogen and oxygen atoms in total. The molecule has 2 amide bonds. The van der Waals surface area contributed by atoms with Gasteiger partial charge in [-0.05, 0) is 23.8 Å². The van der Waals surface area contributed by atoms with Crippen LogP contribution in [0.3, 0.4) is 0 Å². The average molecular weight is 361 g/mol. The molecule has 0 saturated heterocycles. The summed E-state index contributed by atoms with van der Waals surface area (Å²) < 4.78 is 5.13. The molecule has 7 heteroatoms. The molecule has 0 bridgehead atoms. The molecule has 0 radical (unpaired) electrons. The molecule has 0 fully saturated rings. The second kappa shape index (κ2) is 8.30. The Morgan fingerprint density at radius 3 is 2.44 bits per heavy atom. The molecule has 1 unspecified atom stereocenters. The van der Waals surface area contributed by atoms with Gasteiger partial charge in [0.15, 0.2) is 0 Å². The molecule has 2 rings (SSSR count). The molecular weight excluding hydrogens is 344 g/mol. The summed E-state index contributed by atoms with van der Waals surface area (Å²) in [5, 5.41) is 2.88. The number of primary amides is 1. The van der Waals surface area contributed by atoms with Crippen LogP contribution < -0.4 is 15.8 Å². The van der Waals surface area contributed by atoms with Gasteiger partial charge >= 0.3 is 0 Å². The highest BCUT2D eigenvalue weighted by Gasteiger charge is 2.26. The largest absolute Gasteiger partial charge is 0.496 e. The minimum atomic E-state index is -1.11. The fraction of sp³-hybridized carbons (Fsp3) is 0.167. The van der Waals surface area contributed by atoms with Crippen molar-refractivity contribution in [3.63, 3.8) is 0 Å². The van der Waals surface area contributed by atoms with Crippen LogP contribution in [0.15, 0.2) is 48.5 Å². The number of carbonyl (C=O) groups is 3. The van der Waals surface area contributed by atoms with Crippen molar-refractivity contribution in [2.75, 3.05) is 7.11 Å². The standard InChI is InChI=1S/C18H17ClN2O4/c1-25-15-8-7-12(19)10-13(15)18(24)21-14(16(22)17(20)23)9-11-5-3-2-4-6-11/h2-8,10,14H,9H2,1H3,(H2,20,23)(H,21,24). The Morgan fingerprint density at radius 1 is 1.16 bits per heavy atom. The second-order valence-electron chi connectivity index (χ2n) is 5.29. The SMILES string of the molecule is COc1ccc(Cl)cc1C(=O)NC(Cc1ccccc1)C(=O)C(N)=O. The summed E-state index contributed by atoms with van der Waals surface area (Å²) in [7, 11) is 1.41. The Bertz CT molecular complexity index is 793. The number of rotatable bonds is 7. The lowest BCUT2D eigenvalue weighted by Crippen LogP contribution is -2.47. The third kappa shape index (κ3) is 4.81. The molecule has 3 N–H and O–H groups in total. The number of hydrogen-bond acceptors (Lipinski definition) is 4. The van der Waals surface area contributed by atoms with E-state index in [1.165, 1.54) is 13.2 Å². The van der Waals surface area contributed by atoms with Gasteiger partial charge in [0.1, 0.15) is 11.8 Å². The number of ether oxygens (including phenoxy) is 1. The van der Waals surface area contributed by atoms with Crippen LogP contribution in [0, 0.1) is 0 Å². The van der Waals surface area contributed by atoms with E-state index in [9.17, 15) is 14.4 Å². The van der Waals surface area contributed by atoms with Gasteiger partial charge in [0.25, 0.3) is 11.8 Å². The van der Waals surface area contributed by atoms with Crippen LogP contribution in [0.5, 0.6) is 5.75 Å². The summed E-state index contributed by atoms with van der Waals surface area (Å²) in [4.78, 5) is 35.9. The zero-order chi connectivity index (χ0) is 18.4. The van der Waals surface area contributed by atoms with Gasteiger partial charge in [0.2, 0.25) is 5.78 Å². The van der Waals surface area contributed by atoms with E-state index in [0.29, 0.717) is 10.8 Å². The summed E-state index contributed by atoms with van der Waals surface area (Å²) in [6.07, 6.45) is 0.136. The van der Waals surface area contributed by atoms with Gasteiger partial charge in [0.05, 0.1) is 12.7 Å². The highest BCUT2D eigenvalue weighted by molar-refractivity contribution is 6.38. The molecule has 0 saturated carbocycles.